The van der Waals surface area contributed by atoms with Crippen molar-refractivity contribution in [3.63, 3.8) is 0 Å². The fraction of sp³-hybridized carbons (Fsp3) is 0.167. The fourth-order valence-corrected chi connectivity index (χ4v) is 4.99. The first-order valence-electron chi connectivity index (χ1n) is 9.68. The highest BCUT2D eigenvalue weighted by atomic mass is 32.2. The summed E-state index contributed by atoms with van der Waals surface area (Å²) in [6, 6.07) is 21.4. The molecule has 1 aromatic heterocycles. The van der Waals surface area contributed by atoms with Gasteiger partial charge in [-0.05, 0) is 49.2 Å². The van der Waals surface area contributed by atoms with E-state index in [4.69, 9.17) is 0 Å². The summed E-state index contributed by atoms with van der Waals surface area (Å²) in [6.07, 6.45) is 0. The van der Waals surface area contributed by atoms with Gasteiger partial charge in [0.25, 0.3) is 0 Å². The molecule has 0 saturated carbocycles. The minimum atomic E-state index is -3.68. The maximum atomic E-state index is 13.4. The Hall–Kier alpha value is -3.25. The Morgan fingerprint density at radius 1 is 0.933 bits per heavy atom. The van der Waals surface area contributed by atoms with E-state index in [1.807, 2.05) is 38.1 Å². The molecule has 1 N–H and O–H groups in total. The second kappa shape index (κ2) is 7.88. The van der Waals surface area contributed by atoms with Gasteiger partial charge in [0.1, 0.15) is 0 Å². The van der Waals surface area contributed by atoms with E-state index in [-0.39, 0.29) is 22.3 Å². The van der Waals surface area contributed by atoms with E-state index in [9.17, 15) is 13.2 Å². The number of sulfone groups is 1. The highest BCUT2D eigenvalue weighted by Crippen LogP contribution is 2.26. The van der Waals surface area contributed by atoms with Crippen LogP contribution in [0.5, 0.6) is 0 Å². The first-order chi connectivity index (χ1) is 14.3. The summed E-state index contributed by atoms with van der Waals surface area (Å²) in [6.45, 7) is 3.85. The van der Waals surface area contributed by atoms with Crippen LogP contribution in [0.4, 0.5) is 0 Å². The molecule has 0 aliphatic carbocycles. The Balaban J connectivity index is 1.74. The van der Waals surface area contributed by atoms with Gasteiger partial charge in [-0.2, -0.15) is 0 Å². The minimum absolute atomic E-state index is 0.170. The number of rotatable bonds is 6. The van der Waals surface area contributed by atoms with Crippen LogP contribution in [-0.4, -0.2) is 29.9 Å². The molecule has 1 atom stereocenters. The molecule has 0 spiro atoms. The highest BCUT2D eigenvalue weighted by Gasteiger charge is 2.30. The third kappa shape index (κ3) is 4.04. The molecule has 5 nitrogen and oxygen atoms in total. The van der Waals surface area contributed by atoms with Crippen LogP contribution in [0.2, 0.25) is 0 Å². The van der Waals surface area contributed by atoms with Crippen molar-refractivity contribution >= 4 is 26.7 Å². The molecular weight excluding hydrogens is 396 g/mol. The van der Waals surface area contributed by atoms with E-state index in [1.165, 1.54) is 0 Å². The Bertz CT molecular complexity index is 1310. The van der Waals surface area contributed by atoms with Crippen molar-refractivity contribution in [2.75, 3.05) is 5.75 Å². The second-order valence-corrected chi connectivity index (χ2v) is 9.56. The van der Waals surface area contributed by atoms with Gasteiger partial charge in [0.05, 0.1) is 27.6 Å². The standard InChI is InChI=1S/C24H22N2O3S/c1-16-8-11-19(12-9-16)30(28,29)15-20(18-6-4-3-5-7-18)23(27)24-25-21-13-10-17(2)14-22(21)26-24/h3-14,20H,15H2,1-2H3,(H,25,26). The summed E-state index contributed by atoms with van der Waals surface area (Å²) in [4.78, 5) is 21.1. The van der Waals surface area contributed by atoms with Gasteiger partial charge in [0, 0.05) is 0 Å². The number of fused-ring (bicyclic) bond motifs is 1. The van der Waals surface area contributed by atoms with E-state index < -0.39 is 15.8 Å². The molecule has 4 aromatic rings. The lowest BCUT2D eigenvalue weighted by Gasteiger charge is -2.16. The quantitative estimate of drug-likeness (QED) is 0.463. The minimum Gasteiger partial charge on any atom is -0.335 e. The number of carbonyl (C=O) groups is 1. The van der Waals surface area contributed by atoms with Crippen molar-refractivity contribution in [3.05, 3.63) is 95.3 Å². The number of imidazole rings is 1. The number of hydrogen-bond acceptors (Lipinski definition) is 4. The van der Waals surface area contributed by atoms with Crippen molar-refractivity contribution < 1.29 is 13.2 Å². The van der Waals surface area contributed by atoms with Gasteiger partial charge in [-0.15, -0.1) is 0 Å². The second-order valence-electron chi connectivity index (χ2n) is 7.53. The molecule has 1 heterocycles. The number of carbonyl (C=O) groups excluding carboxylic acids is 1. The third-order valence-electron chi connectivity index (χ3n) is 5.16. The predicted octanol–water partition coefficient (Wildman–Crippen LogP) is 4.62. The molecule has 0 bridgehead atoms. The zero-order chi connectivity index (χ0) is 21.3. The highest BCUT2D eigenvalue weighted by molar-refractivity contribution is 7.91. The molecule has 30 heavy (non-hydrogen) atoms. The summed E-state index contributed by atoms with van der Waals surface area (Å²) >= 11 is 0. The van der Waals surface area contributed by atoms with Gasteiger partial charge in [-0.25, -0.2) is 13.4 Å². The molecule has 0 aliphatic rings. The average Bonchev–Trinajstić information content (AvgIpc) is 3.16. The first kappa shape index (κ1) is 20.0. The molecule has 3 aromatic carbocycles. The van der Waals surface area contributed by atoms with Crippen LogP contribution in [-0.2, 0) is 9.84 Å². The number of aromatic nitrogens is 2. The molecule has 0 amide bonds. The van der Waals surface area contributed by atoms with Gasteiger partial charge >= 0.3 is 0 Å². The summed E-state index contributed by atoms with van der Waals surface area (Å²) in [7, 11) is -3.68. The molecule has 0 aliphatic heterocycles. The number of aryl methyl sites for hydroxylation is 2. The smallest absolute Gasteiger partial charge is 0.206 e. The van der Waals surface area contributed by atoms with Crippen LogP contribution < -0.4 is 0 Å². The van der Waals surface area contributed by atoms with Crippen LogP contribution in [0.15, 0.2) is 77.7 Å². The Kier molecular flexibility index (Phi) is 5.26. The van der Waals surface area contributed by atoms with E-state index in [1.54, 1.807) is 48.5 Å². The summed E-state index contributed by atoms with van der Waals surface area (Å²) < 4.78 is 26.2. The predicted molar refractivity (Wildman–Crippen MR) is 118 cm³/mol. The van der Waals surface area contributed by atoms with Gasteiger partial charge in [0.15, 0.2) is 15.7 Å². The summed E-state index contributed by atoms with van der Waals surface area (Å²) in [5, 5.41) is 0. The number of nitrogens with zero attached hydrogens (tertiary/aromatic N) is 1. The van der Waals surface area contributed by atoms with Crippen molar-refractivity contribution in [1.29, 1.82) is 0 Å². The molecule has 0 saturated heterocycles. The topological polar surface area (TPSA) is 79.9 Å². The van der Waals surface area contributed by atoms with E-state index in [0.29, 0.717) is 11.1 Å². The Labute approximate surface area is 175 Å². The molecular formula is C24H22N2O3S. The van der Waals surface area contributed by atoms with E-state index >= 15 is 0 Å². The maximum Gasteiger partial charge on any atom is 0.206 e. The molecule has 6 heteroatoms. The number of ketones is 1. The van der Waals surface area contributed by atoms with Crippen molar-refractivity contribution in [2.24, 2.45) is 0 Å². The van der Waals surface area contributed by atoms with E-state index in [0.717, 1.165) is 16.6 Å². The lowest BCUT2D eigenvalue weighted by Crippen LogP contribution is -2.23. The SMILES string of the molecule is Cc1ccc(S(=O)(=O)CC(C(=O)c2nc3cc(C)ccc3[nH]2)c2ccccc2)cc1. The summed E-state index contributed by atoms with van der Waals surface area (Å²) in [5.74, 6) is -1.36. The Morgan fingerprint density at radius 3 is 2.30 bits per heavy atom. The number of benzene rings is 3. The molecule has 4 rings (SSSR count). The monoisotopic (exact) mass is 418 g/mol. The van der Waals surface area contributed by atoms with Crippen molar-refractivity contribution in [3.8, 4) is 0 Å². The number of hydrogen-bond donors (Lipinski definition) is 1. The van der Waals surface area contributed by atoms with Crippen LogP contribution in [0, 0.1) is 13.8 Å². The lowest BCUT2D eigenvalue weighted by molar-refractivity contribution is 0.0958. The number of Topliss-reactive ketones (excluding diaryl/α,β-unsaturated/α-hetero) is 1. The Morgan fingerprint density at radius 2 is 1.60 bits per heavy atom. The van der Waals surface area contributed by atoms with E-state index in [2.05, 4.69) is 9.97 Å². The van der Waals surface area contributed by atoms with Crippen LogP contribution in [0.1, 0.15) is 33.2 Å². The zero-order valence-electron chi connectivity index (χ0n) is 16.8. The van der Waals surface area contributed by atoms with Crippen molar-refractivity contribution in [2.45, 2.75) is 24.7 Å². The maximum absolute atomic E-state index is 13.4. The number of H-pyrrole nitrogens is 1. The fourth-order valence-electron chi connectivity index (χ4n) is 3.47. The lowest BCUT2D eigenvalue weighted by atomic mass is 9.96. The van der Waals surface area contributed by atoms with Crippen LogP contribution in [0.25, 0.3) is 11.0 Å². The molecule has 1 unspecified atom stereocenters. The largest absolute Gasteiger partial charge is 0.335 e. The van der Waals surface area contributed by atoms with Crippen molar-refractivity contribution in [1.82, 2.24) is 9.97 Å². The first-order valence-corrected chi connectivity index (χ1v) is 11.3. The molecule has 152 valence electrons. The summed E-state index contributed by atoms with van der Waals surface area (Å²) in [5.41, 5.74) is 4.09. The normalized spacial score (nSPS) is 12.7. The molecule has 0 radical (unpaired) electrons. The average molecular weight is 419 g/mol. The molecule has 0 fully saturated rings. The van der Waals surface area contributed by atoms with Crippen LogP contribution in [0.3, 0.4) is 0 Å². The van der Waals surface area contributed by atoms with Crippen LogP contribution >= 0.6 is 0 Å². The van der Waals surface area contributed by atoms with Gasteiger partial charge in [-0.1, -0.05) is 54.1 Å². The van der Waals surface area contributed by atoms with Gasteiger partial charge in [-0.3, -0.25) is 4.79 Å². The number of nitrogens with one attached hydrogen (secondary N) is 1. The number of aromatic amines is 1. The zero-order valence-corrected chi connectivity index (χ0v) is 17.6. The third-order valence-corrected chi connectivity index (χ3v) is 6.92. The van der Waals surface area contributed by atoms with Gasteiger partial charge < -0.3 is 4.98 Å². The van der Waals surface area contributed by atoms with Gasteiger partial charge in [0.2, 0.25) is 5.78 Å².